The van der Waals surface area contributed by atoms with E-state index in [1.807, 2.05) is 12.1 Å². The van der Waals surface area contributed by atoms with Crippen LogP contribution >= 0.6 is 0 Å². The van der Waals surface area contributed by atoms with Gasteiger partial charge >= 0.3 is 0 Å². The molecule has 2 rings (SSSR count). The predicted octanol–water partition coefficient (Wildman–Crippen LogP) is 2.80. The van der Waals surface area contributed by atoms with E-state index in [1.165, 1.54) is 12.1 Å². The highest BCUT2D eigenvalue weighted by Crippen LogP contribution is 2.12. The molecule has 0 unspecified atom stereocenters. The zero-order chi connectivity index (χ0) is 13.7. The highest BCUT2D eigenvalue weighted by Gasteiger charge is 2.03. The number of anilines is 1. The average molecular weight is 258 g/mol. The third-order valence-corrected chi connectivity index (χ3v) is 2.76. The van der Waals surface area contributed by atoms with Crippen molar-refractivity contribution >= 4 is 11.6 Å². The fourth-order valence-electron chi connectivity index (χ4n) is 1.72. The van der Waals surface area contributed by atoms with Crippen molar-refractivity contribution in [1.29, 1.82) is 0 Å². The van der Waals surface area contributed by atoms with E-state index in [-0.39, 0.29) is 11.7 Å². The van der Waals surface area contributed by atoms with Gasteiger partial charge in [-0.2, -0.15) is 0 Å². The topological polar surface area (TPSA) is 41.1 Å². The Morgan fingerprint density at radius 2 is 1.89 bits per heavy atom. The second-order valence-electron chi connectivity index (χ2n) is 4.14. The molecule has 1 amide bonds. The molecule has 2 N–H and O–H groups in total. The molecule has 0 aromatic heterocycles. The molecule has 98 valence electrons. The molecule has 4 heteroatoms. The largest absolute Gasteiger partial charge is 0.381 e. The first-order valence-corrected chi connectivity index (χ1v) is 5.99. The lowest BCUT2D eigenvalue weighted by molar-refractivity contribution is 0.0963. The summed E-state index contributed by atoms with van der Waals surface area (Å²) < 4.78 is 12.8. The van der Waals surface area contributed by atoms with Crippen LogP contribution in [0.15, 0.2) is 48.5 Å². The lowest BCUT2D eigenvalue weighted by Gasteiger charge is -2.08. The fraction of sp³-hybridized carbons (Fsp3) is 0.133. The van der Waals surface area contributed by atoms with Crippen molar-refractivity contribution in [3.8, 4) is 0 Å². The summed E-state index contributed by atoms with van der Waals surface area (Å²) >= 11 is 0. The van der Waals surface area contributed by atoms with Crippen molar-refractivity contribution in [2.24, 2.45) is 0 Å². The van der Waals surface area contributed by atoms with Gasteiger partial charge < -0.3 is 10.6 Å². The molecule has 3 nitrogen and oxygen atoms in total. The molecule has 0 bridgehead atoms. The molecule has 0 aliphatic carbocycles. The molecule has 19 heavy (non-hydrogen) atoms. The van der Waals surface area contributed by atoms with E-state index < -0.39 is 0 Å². The predicted molar refractivity (Wildman–Crippen MR) is 73.6 cm³/mol. The van der Waals surface area contributed by atoms with E-state index in [0.29, 0.717) is 12.1 Å². The summed E-state index contributed by atoms with van der Waals surface area (Å²) in [5.41, 5.74) is 2.43. The van der Waals surface area contributed by atoms with Crippen molar-refractivity contribution in [3.63, 3.8) is 0 Å². The Balaban J connectivity index is 2.03. The first kappa shape index (κ1) is 13.1. The van der Waals surface area contributed by atoms with E-state index in [2.05, 4.69) is 10.6 Å². The summed E-state index contributed by atoms with van der Waals surface area (Å²) in [5.74, 6) is -0.365. The molecule has 0 fully saturated rings. The van der Waals surface area contributed by atoms with E-state index in [4.69, 9.17) is 0 Å². The minimum Gasteiger partial charge on any atom is -0.381 e. The van der Waals surface area contributed by atoms with Gasteiger partial charge in [0.2, 0.25) is 0 Å². The summed E-state index contributed by atoms with van der Waals surface area (Å²) in [6.07, 6.45) is 0. The summed E-state index contributed by atoms with van der Waals surface area (Å²) in [7, 11) is 1.60. The Hall–Kier alpha value is -2.36. The van der Waals surface area contributed by atoms with Crippen molar-refractivity contribution in [1.82, 2.24) is 5.32 Å². The van der Waals surface area contributed by atoms with Gasteiger partial charge in [-0.1, -0.05) is 18.2 Å². The Morgan fingerprint density at radius 3 is 2.58 bits per heavy atom. The number of carbonyl (C=O) groups is 1. The van der Waals surface area contributed by atoms with Crippen LogP contribution in [0.1, 0.15) is 15.9 Å². The Bertz CT molecular complexity index is 567. The van der Waals surface area contributed by atoms with Crippen LogP contribution in [-0.2, 0) is 6.54 Å². The summed E-state index contributed by atoms with van der Waals surface area (Å²) in [5, 5.41) is 5.78. The number of rotatable bonds is 4. The first-order chi connectivity index (χ1) is 9.19. The highest BCUT2D eigenvalue weighted by molar-refractivity contribution is 5.94. The normalized spacial score (nSPS) is 10.0. The molecular formula is C15H15FN2O. The molecule has 0 spiro atoms. The van der Waals surface area contributed by atoms with Gasteiger partial charge in [-0.25, -0.2) is 4.39 Å². The van der Waals surface area contributed by atoms with Crippen LogP contribution in [0, 0.1) is 5.82 Å². The molecule has 2 aromatic carbocycles. The molecular weight excluding hydrogens is 243 g/mol. The molecule has 0 saturated heterocycles. The van der Waals surface area contributed by atoms with Crippen molar-refractivity contribution in [2.75, 3.05) is 12.4 Å². The van der Waals surface area contributed by atoms with Gasteiger partial charge in [-0.05, 0) is 35.9 Å². The molecule has 0 heterocycles. The van der Waals surface area contributed by atoms with Crippen molar-refractivity contribution in [3.05, 3.63) is 65.5 Å². The second-order valence-corrected chi connectivity index (χ2v) is 4.14. The van der Waals surface area contributed by atoms with Gasteiger partial charge in [0, 0.05) is 24.8 Å². The monoisotopic (exact) mass is 258 g/mol. The number of amides is 1. The number of hydrogen-bond donors (Lipinski definition) is 2. The van der Waals surface area contributed by atoms with Crippen LogP contribution in [-0.4, -0.2) is 13.0 Å². The molecule has 0 aliphatic heterocycles. The summed E-state index contributed by atoms with van der Waals surface area (Å²) in [4.78, 5) is 11.5. The quantitative estimate of drug-likeness (QED) is 0.885. The number of hydrogen-bond acceptors (Lipinski definition) is 2. The van der Waals surface area contributed by atoms with Crippen LogP contribution in [0.25, 0.3) is 0 Å². The minimum absolute atomic E-state index is 0.120. The van der Waals surface area contributed by atoms with E-state index in [0.717, 1.165) is 11.3 Å². The minimum atomic E-state index is -0.245. The third kappa shape index (κ3) is 3.55. The molecule has 0 radical (unpaired) electrons. The summed E-state index contributed by atoms with van der Waals surface area (Å²) in [6, 6.07) is 13.5. The molecule has 2 aromatic rings. The zero-order valence-corrected chi connectivity index (χ0v) is 10.6. The molecule has 0 saturated carbocycles. The third-order valence-electron chi connectivity index (χ3n) is 2.76. The summed E-state index contributed by atoms with van der Waals surface area (Å²) in [6.45, 7) is 0.581. The van der Waals surface area contributed by atoms with E-state index in [9.17, 15) is 9.18 Å². The Morgan fingerprint density at radius 1 is 1.16 bits per heavy atom. The van der Waals surface area contributed by atoms with E-state index in [1.54, 1.807) is 31.3 Å². The van der Waals surface area contributed by atoms with Crippen LogP contribution in [0.4, 0.5) is 10.1 Å². The highest BCUT2D eigenvalue weighted by atomic mass is 19.1. The molecule has 0 atom stereocenters. The maximum Gasteiger partial charge on any atom is 0.251 e. The number of halogens is 1. The van der Waals surface area contributed by atoms with Crippen LogP contribution in [0.5, 0.6) is 0 Å². The zero-order valence-electron chi connectivity index (χ0n) is 10.6. The van der Waals surface area contributed by atoms with Gasteiger partial charge in [0.05, 0.1) is 0 Å². The maximum absolute atomic E-state index is 12.8. The van der Waals surface area contributed by atoms with Crippen LogP contribution in [0.3, 0.4) is 0 Å². The van der Waals surface area contributed by atoms with Crippen molar-refractivity contribution < 1.29 is 9.18 Å². The Labute approximate surface area is 111 Å². The number of nitrogens with one attached hydrogen (secondary N) is 2. The van der Waals surface area contributed by atoms with Gasteiger partial charge in [0.15, 0.2) is 0 Å². The Kier molecular flexibility index (Phi) is 4.13. The smallest absolute Gasteiger partial charge is 0.251 e. The van der Waals surface area contributed by atoms with Gasteiger partial charge in [0.25, 0.3) is 5.91 Å². The van der Waals surface area contributed by atoms with Crippen LogP contribution in [0.2, 0.25) is 0 Å². The van der Waals surface area contributed by atoms with Gasteiger partial charge in [-0.3, -0.25) is 4.79 Å². The van der Waals surface area contributed by atoms with Gasteiger partial charge in [0.1, 0.15) is 5.82 Å². The van der Waals surface area contributed by atoms with Crippen LogP contribution < -0.4 is 10.6 Å². The second kappa shape index (κ2) is 6.00. The number of carbonyl (C=O) groups excluding carboxylic acids is 1. The fourth-order valence-corrected chi connectivity index (χ4v) is 1.72. The standard InChI is InChI=1S/C15H15FN2O/c1-17-15(19)12-3-2-4-14(9-12)18-10-11-5-7-13(16)8-6-11/h2-9,18H,10H2,1H3,(H,17,19). The number of benzene rings is 2. The maximum atomic E-state index is 12.8. The first-order valence-electron chi connectivity index (χ1n) is 5.99. The lowest BCUT2D eigenvalue weighted by Crippen LogP contribution is -2.17. The van der Waals surface area contributed by atoms with Gasteiger partial charge in [-0.15, -0.1) is 0 Å². The SMILES string of the molecule is CNC(=O)c1cccc(NCc2ccc(F)cc2)c1. The van der Waals surface area contributed by atoms with Crippen molar-refractivity contribution in [2.45, 2.75) is 6.54 Å². The average Bonchev–Trinajstić information content (AvgIpc) is 2.46. The lowest BCUT2D eigenvalue weighted by atomic mass is 10.1. The van der Waals surface area contributed by atoms with E-state index >= 15 is 0 Å². The molecule has 0 aliphatic rings.